The molecule has 2 rings (SSSR count). The molecule has 2 heterocycles. The van der Waals surface area contributed by atoms with E-state index in [9.17, 15) is 4.79 Å². The molecule has 0 aromatic carbocycles. The van der Waals surface area contributed by atoms with Gasteiger partial charge in [0.25, 0.3) is 0 Å². The molecule has 6 nitrogen and oxygen atoms in total. The van der Waals surface area contributed by atoms with E-state index in [-0.39, 0.29) is 12.0 Å². The summed E-state index contributed by atoms with van der Waals surface area (Å²) in [5, 5.41) is 4.11. The van der Waals surface area contributed by atoms with Gasteiger partial charge < -0.3 is 9.64 Å². The van der Waals surface area contributed by atoms with Crippen molar-refractivity contribution < 1.29 is 9.53 Å². The Labute approximate surface area is 112 Å². The Balaban J connectivity index is 2.45. The van der Waals surface area contributed by atoms with E-state index < -0.39 is 0 Å². The third kappa shape index (κ3) is 2.58. The minimum Gasteiger partial charge on any atom is -0.462 e. The highest BCUT2D eigenvalue weighted by atomic mass is 16.5. The average Bonchev–Trinajstić information content (AvgIpc) is 2.80. The fourth-order valence-electron chi connectivity index (χ4n) is 1.73. The third-order valence-corrected chi connectivity index (χ3v) is 3.09. The van der Waals surface area contributed by atoms with Crippen molar-refractivity contribution in [2.75, 3.05) is 20.7 Å². The van der Waals surface area contributed by atoms with Gasteiger partial charge in [0.05, 0.1) is 18.5 Å². The number of carbonyl (C=O) groups is 1. The quantitative estimate of drug-likeness (QED) is 0.782. The second-order valence-electron chi connectivity index (χ2n) is 4.54. The Morgan fingerprint density at radius 2 is 2.26 bits per heavy atom. The van der Waals surface area contributed by atoms with Gasteiger partial charge in [-0.25, -0.2) is 14.3 Å². The van der Waals surface area contributed by atoms with Crippen molar-refractivity contribution in [3.05, 3.63) is 29.7 Å². The van der Waals surface area contributed by atoms with Crippen molar-refractivity contribution in [1.82, 2.24) is 19.5 Å². The van der Waals surface area contributed by atoms with Gasteiger partial charge in [-0.2, -0.15) is 5.10 Å². The summed E-state index contributed by atoms with van der Waals surface area (Å²) in [4.78, 5) is 18.4. The molecule has 1 unspecified atom stereocenters. The lowest BCUT2D eigenvalue weighted by molar-refractivity contribution is 0.0528. The predicted molar refractivity (Wildman–Crippen MR) is 71.0 cm³/mol. The topological polar surface area (TPSA) is 59.7 Å². The van der Waals surface area contributed by atoms with Crippen LogP contribution in [0.4, 0.5) is 0 Å². The highest BCUT2D eigenvalue weighted by molar-refractivity contribution is 5.95. The van der Waals surface area contributed by atoms with Gasteiger partial charge in [0.15, 0.2) is 5.65 Å². The summed E-state index contributed by atoms with van der Waals surface area (Å²) in [5.41, 5.74) is 1.82. The molecule has 0 fully saturated rings. The Morgan fingerprint density at radius 1 is 1.53 bits per heavy atom. The number of aromatic nitrogens is 3. The zero-order valence-electron chi connectivity index (χ0n) is 11.6. The van der Waals surface area contributed by atoms with Crippen LogP contribution in [0.1, 0.15) is 35.9 Å². The van der Waals surface area contributed by atoms with E-state index in [4.69, 9.17) is 4.74 Å². The van der Waals surface area contributed by atoms with Gasteiger partial charge in [-0.15, -0.1) is 0 Å². The van der Waals surface area contributed by atoms with E-state index in [1.807, 2.05) is 20.2 Å². The molecule has 0 radical (unpaired) electrons. The SMILES string of the molecule is CCOC(=O)c1cnn2ccc(C(C)N(C)C)nc12. The molecule has 0 saturated carbocycles. The Bertz CT molecular complexity index is 591. The van der Waals surface area contributed by atoms with Crippen molar-refractivity contribution in [3.63, 3.8) is 0 Å². The van der Waals surface area contributed by atoms with Gasteiger partial charge in [-0.05, 0) is 34.0 Å². The van der Waals surface area contributed by atoms with E-state index in [0.29, 0.717) is 17.8 Å². The Kier molecular flexibility index (Phi) is 3.80. The Morgan fingerprint density at radius 3 is 2.89 bits per heavy atom. The molecule has 102 valence electrons. The van der Waals surface area contributed by atoms with Crippen molar-refractivity contribution >= 4 is 11.6 Å². The number of nitrogens with zero attached hydrogens (tertiary/aromatic N) is 4. The number of esters is 1. The first-order chi connectivity index (χ1) is 9.04. The summed E-state index contributed by atoms with van der Waals surface area (Å²) < 4.78 is 6.58. The van der Waals surface area contributed by atoms with Crippen molar-refractivity contribution in [3.8, 4) is 0 Å². The number of fused-ring (bicyclic) bond motifs is 1. The van der Waals surface area contributed by atoms with E-state index in [2.05, 4.69) is 21.9 Å². The average molecular weight is 262 g/mol. The fraction of sp³-hybridized carbons (Fsp3) is 0.462. The molecule has 19 heavy (non-hydrogen) atoms. The van der Waals surface area contributed by atoms with Crippen LogP contribution in [0.3, 0.4) is 0 Å². The molecule has 0 aliphatic carbocycles. The van der Waals surface area contributed by atoms with Gasteiger partial charge in [-0.1, -0.05) is 0 Å². The lowest BCUT2D eigenvalue weighted by Crippen LogP contribution is -2.18. The van der Waals surface area contributed by atoms with Crippen molar-refractivity contribution in [2.45, 2.75) is 19.9 Å². The van der Waals surface area contributed by atoms with Gasteiger partial charge in [0.2, 0.25) is 0 Å². The van der Waals surface area contributed by atoms with Crippen LogP contribution in [0, 0.1) is 0 Å². The molecule has 0 amide bonds. The smallest absolute Gasteiger partial charge is 0.343 e. The fourth-order valence-corrected chi connectivity index (χ4v) is 1.73. The summed E-state index contributed by atoms with van der Waals surface area (Å²) >= 11 is 0. The van der Waals surface area contributed by atoms with Crippen LogP contribution < -0.4 is 0 Å². The minimum absolute atomic E-state index is 0.162. The molecule has 0 aliphatic heterocycles. The summed E-state index contributed by atoms with van der Waals surface area (Å²) in [7, 11) is 3.97. The molecule has 0 saturated heterocycles. The summed E-state index contributed by atoms with van der Waals surface area (Å²) in [6.07, 6.45) is 3.30. The molecule has 0 bridgehead atoms. The Hall–Kier alpha value is -1.95. The molecule has 2 aromatic heterocycles. The monoisotopic (exact) mass is 262 g/mol. The van der Waals surface area contributed by atoms with Gasteiger partial charge >= 0.3 is 5.97 Å². The van der Waals surface area contributed by atoms with Gasteiger partial charge in [-0.3, -0.25) is 0 Å². The van der Waals surface area contributed by atoms with Crippen LogP contribution in [0.2, 0.25) is 0 Å². The lowest BCUT2D eigenvalue weighted by atomic mass is 10.2. The van der Waals surface area contributed by atoms with E-state index in [1.54, 1.807) is 17.6 Å². The van der Waals surface area contributed by atoms with E-state index >= 15 is 0 Å². The van der Waals surface area contributed by atoms with Gasteiger partial charge in [0, 0.05) is 12.2 Å². The third-order valence-electron chi connectivity index (χ3n) is 3.09. The number of ether oxygens (including phenoxy) is 1. The van der Waals surface area contributed by atoms with Crippen LogP contribution in [0.25, 0.3) is 5.65 Å². The normalized spacial score (nSPS) is 12.9. The number of rotatable bonds is 4. The molecule has 0 spiro atoms. The molecule has 1 atom stereocenters. The van der Waals surface area contributed by atoms with E-state index in [0.717, 1.165) is 5.69 Å². The largest absolute Gasteiger partial charge is 0.462 e. The second kappa shape index (κ2) is 5.36. The first-order valence-corrected chi connectivity index (χ1v) is 6.22. The summed E-state index contributed by atoms with van der Waals surface area (Å²) in [6.45, 7) is 4.17. The highest BCUT2D eigenvalue weighted by Gasteiger charge is 2.17. The van der Waals surface area contributed by atoms with Crippen molar-refractivity contribution in [1.29, 1.82) is 0 Å². The van der Waals surface area contributed by atoms with Crippen LogP contribution in [0.5, 0.6) is 0 Å². The maximum atomic E-state index is 11.8. The van der Waals surface area contributed by atoms with Crippen LogP contribution in [-0.2, 0) is 4.74 Å². The van der Waals surface area contributed by atoms with Crippen molar-refractivity contribution in [2.24, 2.45) is 0 Å². The molecular weight excluding hydrogens is 244 g/mol. The van der Waals surface area contributed by atoms with Crippen LogP contribution in [-0.4, -0.2) is 46.2 Å². The second-order valence-corrected chi connectivity index (χ2v) is 4.54. The number of carbonyl (C=O) groups excluding carboxylic acids is 1. The standard InChI is InChI=1S/C13H18N4O2/c1-5-19-13(18)10-8-14-17-7-6-11(15-12(10)17)9(2)16(3)4/h6-9H,5H2,1-4H3. The van der Waals surface area contributed by atoms with E-state index in [1.165, 1.54) is 6.20 Å². The minimum atomic E-state index is -0.389. The maximum Gasteiger partial charge on any atom is 0.343 e. The maximum absolute atomic E-state index is 11.8. The van der Waals surface area contributed by atoms with Gasteiger partial charge in [0.1, 0.15) is 5.56 Å². The highest BCUT2D eigenvalue weighted by Crippen LogP contribution is 2.17. The summed E-state index contributed by atoms with van der Waals surface area (Å²) in [5.74, 6) is -0.389. The predicted octanol–water partition coefficient (Wildman–Crippen LogP) is 1.53. The number of hydrogen-bond acceptors (Lipinski definition) is 5. The molecule has 6 heteroatoms. The number of hydrogen-bond donors (Lipinski definition) is 0. The molecular formula is C13H18N4O2. The zero-order chi connectivity index (χ0) is 14.0. The zero-order valence-corrected chi connectivity index (χ0v) is 11.6. The summed E-state index contributed by atoms with van der Waals surface area (Å²) in [6, 6.07) is 2.06. The van der Waals surface area contributed by atoms with Crippen LogP contribution >= 0.6 is 0 Å². The molecule has 0 aliphatic rings. The molecule has 0 N–H and O–H groups in total. The first-order valence-electron chi connectivity index (χ1n) is 6.22. The first kappa shape index (κ1) is 13.5. The van der Waals surface area contributed by atoms with Crippen LogP contribution in [0.15, 0.2) is 18.5 Å². The lowest BCUT2D eigenvalue weighted by Gasteiger charge is -2.18. The molecule has 2 aromatic rings.